The Morgan fingerprint density at radius 1 is 1.24 bits per heavy atom. The molecule has 1 fully saturated rings. The highest BCUT2D eigenvalue weighted by atomic mass is 19.3. The Bertz CT molecular complexity index is 1160. The van der Waals surface area contributed by atoms with E-state index in [4.69, 9.17) is 4.74 Å². The minimum Gasteiger partial charge on any atom is -0.493 e. The van der Waals surface area contributed by atoms with Crippen molar-refractivity contribution in [3.8, 4) is 5.75 Å². The number of fused-ring (bicyclic) bond motifs is 1. The van der Waals surface area contributed by atoms with Crippen LogP contribution in [0.2, 0.25) is 0 Å². The molecular formula is C26H26F2N2O4. The summed E-state index contributed by atoms with van der Waals surface area (Å²) in [6.45, 7) is 5.92. The first-order valence-corrected chi connectivity index (χ1v) is 11.3. The maximum atomic E-state index is 14.9. The zero-order valence-corrected chi connectivity index (χ0v) is 18.9. The van der Waals surface area contributed by atoms with Crippen molar-refractivity contribution < 1.29 is 27.9 Å². The molecule has 0 spiro atoms. The third-order valence-corrected chi connectivity index (χ3v) is 6.22. The number of carbonyl (C=O) groups is 3. The van der Waals surface area contributed by atoms with E-state index in [-0.39, 0.29) is 43.6 Å². The first kappa shape index (κ1) is 23.6. The van der Waals surface area contributed by atoms with Crippen LogP contribution in [-0.4, -0.2) is 35.1 Å². The Balaban J connectivity index is 1.44. The molecule has 0 aliphatic carbocycles. The Hall–Kier alpha value is -3.55. The Kier molecular flexibility index (Phi) is 6.50. The highest BCUT2D eigenvalue weighted by molar-refractivity contribution is 6.01. The van der Waals surface area contributed by atoms with Crippen LogP contribution in [-0.2, 0) is 28.5 Å². The SMILES string of the molecule is C=C1CCC(N2Cc3cc(CCC(=O)C(F)(F)c4ccccc4OCC)ccc3C2=O)C(=O)N1. The van der Waals surface area contributed by atoms with Gasteiger partial charge in [0.25, 0.3) is 5.91 Å². The van der Waals surface area contributed by atoms with Crippen LogP contribution >= 0.6 is 0 Å². The summed E-state index contributed by atoms with van der Waals surface area (Å²) in [6, 6.07) is 10.2. The lowest BCUT2D eigenvalue weighted by atomic mass is 9.97. The van der Waals surface area contributed by atoms with Crippen LogP contribution in [0.5, 0.6) is 5.75 Å². The number of ketones is 1. The van der Waals surface area contributed by atoms with Crippen molar-refractivity contribution in [3.63, 3.8) is 0 Å². The molecule has 2 heterocycles. The number of Topliss-reactive ketones (excluding diaryl/α,β-unsaturated/α-hetero) is 1. The molecule has 2 aromatic carbocycles. The molecule has 1 atom stereocenters. The molecular weight excluding hydrogens is 442 g/mol. The van der Waals surface area contributed by atoms with Gasteiger partial charge in [-0.15, -0.1) is 0 Å². The van der Waals surface area contributed by atoms with Gasteiger partial charge in [-0.1, -0.05) is 30.8 Å². The number of ether oxygens (including phenoxy) is 1. The van der Waals surface area contributed by atoms with Crippen molar-refractivity contribution in [1.82, 2.24) is 10.2 Å². The highest BCUT2D eigenvalue weighted by Gasteiger charge is 2.42. The number of alkyl halides is 2. The van der Waals surface area contributed by atoms with E-state index in [9.17, 15) is 23.2 Å². The predicted molar refractivity (Wildman–Crippen MR) is 121 cm³/mol. The Morgan fingerprint density at radius 3 is 2.74 bits per heavy atom. The number of piperidine rings is 1. The quantitative estimate of drug-likeness (QED) is 0.632. The normalized spacial score (nSPS) is 18.0. The standard InChI is InChI=1S/C26H26F2N2O4/c1-3-34-22-7-5-4-6-20(22)26(27,28)23(31)13-10-17-9-11-19-18(14-17)15-30(25(19)33)21-12-8-16(2)29-24(21)32/h4-7,9,11,14,21H,2-3,8,10,12-13,15H2,1H3,(H,29,32). The van der Waals surface area contributed by atoms with Gasteiger partial charge in [0.1, 0.15) is 11.8 Å². The molecule has 6 nitrogen and oxygen atoms in total. The van der Waals surface area contributed by atoms with Gasteiger partial charge in [0.15, 0.2) is 0 Å². The summed E-state index contributed by atoms with van der Waals surface area (Å²) >= 11 is 0. The van der Waals surface area contributed by atoms with Gasteiger partial charge in [-0.05, 0) is 55.5 Å². The molecule has 2 amide bonds. The first-order chi connectivity index (χ1) is 16.2. The first-order valence-electron chi connectivity index (χ1n) is 11.3. The Morgan fingerprint density at radius 2 is 2.00 bits per heavy atom. The number of hydrogen-bond donors (Lipinski definition) is 1. The van der Waals surface area contributed by atoms with Gasteiger partial charge in [0.2, 0.25) is 11.7 Å². The molecule has 8 heteroatoms. The van der Waals surface area contributed by atoms with E-state index in [0.717, 1.165) is 5.56 Å². The number of allylic oxidation sites excluding steroid dienone is 1. The average molecular weight is 469 g/mol. The van der Waals surface area contributed by atoms with Gasteiger partial charge in [-0.3, -0.25) is 14.4 Å². The second-order valence-corrected chi connectivity index (χ2v) is 8.50. The number of nitrogens with zero attached hydrogens (tertiary/aromatic N) is 1. The van der Waals surface area contributed by atoms with Gasteiger partial charge in [0.05, 0.1) is 12.2 Å². The van der Waals surface area contributed by atoms with Crippen molar-refractivity contribution >= 4 is 17.6 Å². The number of halogens is 2. The van der Waals surface area contributed by atoms with E-state index in [1.807, 2.05) is 0 Å². The van der Waals surface area contributed by atoms with Crippen LogP contribution in [0, 0.1) is 0 Å². The van der Waals surface area contributed by atoms with Crippen molar-refractivity contribution in [3.05, 3.63) is 77.0 Å². The fourth-order valence-electron chi connectivity index (χ4n) is 4.44. The van der Waals surface area contributed by atoms with Crippen LogP contribution in [0.3, 0.4) is 0 Å². The molecule has 2 aromatic rings. The number of aryl methyl sites for hydroxylation is 1. The maximum absolute atomic E-state index is 14.9. The number of benzene rings is 2. The summed E-state index contributed by atoms with van der Waals surface area (Å²) in [7, 11) is 0. The lowest BCUT2D eigenvalue weighted by Gasteiger charge is -2.30. The van der Waals surface area contributed by atoms with E-state index in [1.54, 1.807) is 31.2 Å². The minimum atomic E-state index is -3.67. The maximum Gasteiger partial charge on any atom is 0.334 e. The van der Waals surface area contributed by atoms with Crippen molar-refractivity contribution in [2.24, 2.45) is 0 Å². The number of para-hydroxylation sites is 1. The second-order valence-electron chi connectivity index (χ2n) is 8.50. The minimum absolute atomic E-state index is 0.00481. The average Bonchev–Trinajstić information content (AvgIpc) is 3.13. The topological polar surface area (TPSA) is 75.7 Å². The number of amides is 2. The Labute approximate surface area is 196 Å². The molecule has 0 saturated carbocycles. The van der Waals surface area contributed by atoms with E-state index < -0.39 is 23.3 Å². The highest BCUT2D eigenvalue weighted by Crippen LogP contribution is 2.37. The van der Waals surface area contributed by atoms with Crippen molar-refractivity contribution in [2.45, 2.75) is 51.1 Å². The number of nitrogens with one attached hydrogen (secondary N) is 1. The van der Waals surface area contributed by atoms with Crippen LogP contribution in [0.25, 0.3) is 0 Å². The number of hydrogen-bond acceptors (Lipinski definition) is 4. The number of rotatable bonds is 8. The summed E-state index contributed by atoms with van der Waals surface area (Å²) in [4.78, 5) is 39.2. The largest absolute Gasteiger partial charge is 0.493 e. The molecule has 0 aromatic heterocycles. The summed E-state index contributed by atoms with van der Waals surface area (Å²) in [5.41, 5.74) is 2.09. The van der Waals surface area contributed by atoms with Gasteiger partial charge >= 0.3 is 5.92 Å². The van der Waals surface area contributed by atoms with Crippen LogP contribution in [0.1, 0.15) is 53.2 Å². The summed E-state index contributed by atoms with van der Waals surface area (Å²) in [5.74, 6) is -5.36. The monoisotopic (exact) mass is 468 g/mol. The van der Waals surface area contributed by atoms with E-state index in [2.05, 4.69) is 11.9 Å². The molecule has 1 saturated heterocycles. The molecule has 2 aliphatic rings. The van der Waals surface area contributed by atoms with Crippen LogP contribution in [0.4, 0.5) is 8.78 Å². The summed E-state index contributed by atoms with van der Waals surface area (Å²) < 4.78 is 35.1. The van der Waals surface area contributed by atoms with Gasteiger partial charge in [-0.2, -0.15) is 8.78 Å². The molecule has 0 radical (unpaired) electrons. The fourth-order valence-corrected chi connectivity index (χ4v) is 4.44. The van der Waals surface area contributed by atoms with Crippen molar-refractivity contribution in [1.29, 1.82) is 0 Å². The van der Waals surface area contributed by atoms with Gasteiger partial charge in [0, 0.05) is 24.2 Å². The molecule has 4 rings (SSSR count). The predicted octanol–water partition coefficient (Wildman–Crippen LogP) is 4.13. The van der Waals surface area contributed by atoms with Crippen LogP contribution in [0.15, 0.2) is 54.7 Å². The number of carbonyl (C=O) groups excluding carboxylic acids is 3. The smallest absolute Gasteiger partial charge is 0.334 e. The zero-order valence-electron chi connectivity index (χ0n) is 18.9. The molecule has 1 N–H and O–H groups in total. The van der Waals surface area contributed by atoms with E-state index in [1.165, 1.54) is 23.1 Å². The second kappa shape index (κ2) is 9.37. The summed E-state index contributed by atoms with van der Waals surface area (Å²) in [5, 5.41) is 2.69. The third-order valence-electron chi connectivity index (χ3n) is 6.22. The summed E-state index contributed by atoms with van der Waals surface area (Å²) in [6.07, 6.45) is 0.849. The zero-order chi connectivity index (χ0) is 24.5. The molecule has 1 unspecified atom stereocenters. The van der Waals surface area contributed by atoms with E-state index >= 15 is 0 Å². The van der Waals surface area contributed by atoms with Gasteiger partial charge < -0.3 is 15.0 Å². The fraction of sp³-hybridized carbons (Fsp3) is 0.346. The molecule has 2 aliphatic heterocycles. The lowest BCUT2D eigenvalue weighted by molar-refractivity contribution is -0.144. The van der Waals surface area contributed by atoms with Crippen LogP contribution < -0.4 is 10.1 Å². The van der Waals surface area contributed by atoms with E-state index in [0.29, 0.717) is 29.7 Å². The molecule has 178 valence electrons. The van der Waals surface area contributed by atoms with Gasteiger partial charge in [-0.25, -0.2) is 0 Å². The van der Waals surface area contributed by atoms with Crippen molar-refractivity contribution in [2.75, 3.05) is 6.61 Å². The molecule has 0 bridgehead atoms. The molecule has 34 heavy (non-hydrogen) atoms. The third kappa shape index (κ3) is 4.44. The lowest BCUT2D eigenvalue weighted by Crippen LogP contribution is -2.49.